The Kier molecular flexibility index (Phi) is 5.28. The third kappa shape index (κ3) is 4.06. The predicted octanol–water partition coefficient (Wildman–Crippen LogP) is 4.14. The lowest BCUT2D eigenvalue weighted by molar-refractivity contribution is 0.0218. The van der Waals surface area contributed by atoms with E-state index in [9.17, 15) is 4.79 Å². The summed E-state index contributed by atoms with van der Waals surface area (Å²) in [6.45, 7) is 9.53. The van der Waals surface area contributed by atoms with Gasteiger partial charge in [0.05, 0.1) is 0 Å². The fourth-order valence-electron chi connectivity index (χ4n) is 3.77. The maximum Gasteiger partial charge on any atom is 0.410 e. The number of hydrogen-bond donors (Lipinski definition) is 0. The van der Waals surface area contributed by atoms with Gasteiger partial charge in [-0.1, -0.05) is 30.3 Å². The number of piperazine rings is 1. The molecule has 1 unspecified atom stereocenters. The van der Waals surface area contributed by atoms with Crippen molar-refractivity contribution >= 4 is 22.7 Å². The van der Waals surface area contributed by atoms with Crippen LogP contribution in [0.2, 0.25) is 0 Å². The molecule has 1 fully saturated rings. The van der Waals surface area contributed by atoms with Gasteiger partial charge in [-0.25, -0.2) is 4.79 Å². The van der Waals surface area contributed by atoms with Crippen LogP contribution in [0.3, 0.4) is 0 Å². The van der Waals surface area contributed by atoms with Gasteiger partial charge in [-0.2, -0.15) is 0 Å². The molecule has 156 valence electrons. The number of amides is 1. The Morgan fingerprint density at radius 1 is 1.07 bits per heavy atom. The molecule has 0 spiro atoms. The van der Waals surface area contributed by atoms with Gasteiger partial charge >= 0.3 is 6.09 Å². The molecular weight excluding hydrogens is 378 g/mol. The molecule has 0 radical (unpaired) electrons. The Bertz CT molecular complexity index is 1050. The second kappa shape index (κ2) is 7.89. The molecule has 1 aromatic carbocycles. The Morgan fingerprint density at radius 3 is 2.53 bits per heavy atom. The number of hydrogen-bond acceptors (Lipinski definition) is 6. The number of pyridine rings is 1. The number of carbonyl (C=O) groups is 1. The van der Waals surface area contributed by atoms with Crippen LogP contribution in [0.5, 0.6) is 0 Å². The van der Waals surface area contributed by atoms with Crippen molar-refractivity contribution in [2.24, 2.45) is 0 Å². The van der Waals surface area contributed by atoms with Crippen molar-refractivity contribution in [1.29, 1.82) is 0 Å². The van der Waals surface area contributed by atoms with Crippen molar-refractivity contribution in [3.8, 4) is 11.3 Å². The molecule has 0 N–H and O–H groups in total. The first kappa shape index (κ1) is 20.1. The summed E-state index contributed by atoms with van der Waals surface area (Å²) in [5.74, 6) is 0.800. The molecule has 1 amide bonds. The van der Waals surface area contributed by atoms with Crippen LogP contribution in [0.15, 0.2) is 48.8 Å². The van der Waals surface area contributed by atoms with Crippen LogP contribution in [0.1, 0.15) is 27.7 Å². The highest BCUT2D eigenvalue weighted by molar-refractivity contribution is 5.99. The van der Waals surface area contributed by atoms with Crippen molar-refractivity contribution in [2.75, 3.05) is 24.5 Å². The quantitative estimate of drug-likeness (QED) is 0.638. The maximum absolute atomic E-state index is 12.5. The first-order valence-electron chi connectivity index (χ1n) is 10.2. The van der Waals surface area contributed by atoms with Gasteiger partial charge in [0.25, 0.3) is 0 Å². The monoisotopic (exact) mass is 405 g/mol. The third-order valence-corrected chi connectivity index (χ3v) is 5.16. The van der Waals surface area contributed by atoms with Crippen LogP contribution < -0.4 is 4.90 Å². The molecule has 3 heterocycles. The van der Waals surface area contributed by atoms with Crippen molar-refractivity contribution in [3.05, 3.63) is 48.8 Å². The van der Waals surface area contributed by atoms with E-state index >= 15 is 0 Å². The highest BCUT2D eigenvalue weighted by Gasteiger charge is 2.31. The van der Waals surface area contributed by atoms with Gasteiger partial charge in [-0.15, -0.1) is 10.2 Å². The Hall–Kier alpha value is -3.22. The molecule has 1 aliphatic heterocycles. The van der Waals surface area contributed by atoms with Crippen LogP contribution in [0.4, 0.5) is 10.6 Å². The summed E-state index contributed by atoms with van der Waals surface area (Å²) in [5.41, 5.74) is 1.37. The molecule has 4 rings (SSSR count). The summed E-state index contributed by atoms with van der Waals surface area (Å²) in [5, 5.41) is 11.1. The third-order valence-electron chi connectivity index (χ3n) is 5.16. The summed E-state index contributed by atoms with van der Waals surface area (Å²) < 4.78 is 5.53. The number of rotatable bonds is 2. The van der Waals surface area contributed by atoms with Gasteiger partial charge in [0.15, 0.2) is 5.82 Å². The second-order valence-corrected chi connectivity index (χ2v) is 8.63. The minimum atomic E-state index is -0.502. The minimum absolute atomic E-state index is 0.0755. The molecule has 7 heteroatoms. The highest BCUT2D eigenvalue weighted by Crippen LogP contribution is 2.32. The van der Waals surface area contributed by atoms with E-state index in [0.717, 1.165) is 27.8 Å². The molecule has 0 aliphatic carbocycles. The normalized spacial score (nSPS) is 17.3. The molecule has 0 saturated carbocycles. The average molecular weight is 406 g/mol. The van der Waals surface area contributed by atoms with E-state index in [0.29, 0.717) is 19.6 Å². The van der Waals surface area contributed by atoms with E-state index in [4.69, 9.17) is 4.74 Å². The SMILES string of the molecule is CC1CN(C(=O)OC(C)(C)C)CCN1c1nnc(-c2ccccc2)c2ccncc12. The lowest BCUT2D eigenvalue weighted by Crippen LogP contribution is -2.55. The van der Waals surface area contributed by atoms with Gasteiger partial charge in [0.2, 0.25) is 0 Å². The van der Waals surface area contributed by atoms with Crippen molar-refractivity contribution in [3.63, 3.8) is 0 Å². The number of anilines is 1. The molecule has 1 atom stereocenters. The van der Waals surface area contributed by atoms with Crippen LogP contribution >= 0.6 is 0 Å². The summed E-state index contributed by atoms with van der Waals surface area (Å²) >= 11 is 0. The van der Waals surface area contributed by atoms with E-state index in [1.54, 1.807) is 11.1 Å². The Labute approximate surface area is 176 Å². The van der Waals surface area contributed by atoms with Gasteiger partial charge in [-0.05, 0) is 33.8 Å². The lowest BCUT2D eigenvalue weighted by atomic mass is 10.1. The average Bonchev–Trinajstić information content (AvgIpc) is 2.72. The molecule has 30 heavy (non-hydrogen) atoms. The fourth-order valence-corrected chi connectivity index (χ4v) is 3.77. The van der Waals surface area contributed by atoms with E-state index < -0.39 is 5.60 Å². The van der Waals surface area contributed by atoms with E-state index in [2.05, 4.69) is 27.0 Å². The number of benzene rings is 1. The zero-order valence-corrected chi connectivity index (χ0v) is 17.9. The molecule has 3 aromatic rings. The summed E-state index contributed by atoms with van der Waals surface area (Å²) in [6, 6.07) is 12.1. The molecule has 1 saturated heterocycles. The molecule has 2 aromatic heterocycles. The van der Waals surface area contributed by atoms with Crippen LogP contribution in [-0.2, 0) is 4.74 Å². The standard InChI is InChI=1S/C23H27N5O2/c1-16-15-27(22(29)30-23(2,3)4)12-13-28(16)21-19-14-24-11-10-18(19)20(25-26-21)17-8-6-5-7-9-17/h5-11,14,16H,12-13,15H2,1-4H3. The number of ether oxygens (including phenoxy) is 1. The number of carbonyl (C=O) groups excluding carboxylic acids is 1. The van der Waals surface area contributed by atoms with Crippen molar-refractivity contribution in [2.45, 2.75) is 39.3 Å². The Morgan fingerprint density at radius 2 is 1.83 bits per heavy atom. The highest BCUT2D eigenvalue weighted by atomic mass is 16.6. The van der Waals surface area contributed by atoms with Gasteiger partial charge in [-0.3, -0.25) is 4.98 Å². The minimum Gasteiger partial charge on any atom is -0.444 e. The van der Waals surface area contributed by atoms with Crippen LogP contribution in [0.25, 0.3) is 22.0 Å². The van der Waals surface area contributed by atoms with Gasteiger partial charge in [0.1, 0.15) is 11.3 Å². The number of fused-ring (bicyclic) bond motifs is 1. The number of nitrogens with zero attached hydrogens (tertiary/aromatic N) is 5. The summed E-state index contributed by atoms with van der Waals surface area (Å²) in [7, 11) is 0. The van der Waals surface area contributed by atoms with E-state index in [1.807, 2.05) is 63.4 Å². The van der Waals surface area contributed by atoms with Crippen LogP contribution in [0, 0.1) is 0 Å². The predicted molar refractivity (Wildman–Crippen MR) is 117 cm³/mol. The maximum atomic E-state index is 12.5. The topological polar surface area (TPSA) is 71.5 Å². The Balaban J connectivity index is 1.63. The molecular formula is C23H27N5O2. The smallest absolute Gasteiger partial charge is 0.410 e. The van der Waals surface area contributed by atoms with E-state index in [-0.39, 0.29) is 12.1 Å². The van der Waals surface area contributed by atoms with Gasteiger partial charge < -0.3 is 14.5 Å². The molecule has 0 bridgehead atoms. The first-order chi connectivity index (χ1) is 14.3. The fraction of sp³-hybridized carbons (Fsp3) is 0.391. The molecule has 1 aliphatic rings. The number of aromatic nitrogens is 3. The zero-order valence-electron chi connectivity index (χ0n) is 17.9. The van der Waals surface area contributed by atoms with Crippen molar-refractivity contribution < 1.29 is 9.53 Å². The zero-order chi connectivity index (χ0) is 21.3. The lowest BCUT2D eigenvalue weighted by Gasteiger charge is -2.40. The van der Waals surface area contributed by atoms with Crippen LogP contribution in [-0.4, -0.2) is 57.5 Å². The summed E-state index contributed by atoms with van der Waals surface area (Å²) in [4.78, 5) is 20.8. The van der Waals surface area contributed by atoms with Crippen molar-refractivity contribution in [1.82, 2.24) is 20.1 Å². The first-order valence-corrected chi connectivity index (χ1v) is 10.2. The summed E-state index contributed by atoms with van der Waals surface area (Å²) in [6.07, 6.45) is 3.36. The van der Waals surface area contributed by atoms with E-state index in [1.165, 1.54) is 0 Å². The largest absolute Gasteiger partial charge is 0.444 e. The molecule has 7 nitrogen and oxygen atoms in total. The second-order valence-electron chi connectivity index (χ2n) is 8.63. The van der Waals surface area contributed by atoms with Gasteiger partial charge in [0, 0.05) is 54.4 Å².